The van der Waals surface area contributed by atoms with Crippen LogP contribution in [0.5, 0.6) is 0 Å². The van der Waals surface area contributed by atoms with Crippen molar-refractivity contribution in [2.45, 2.75) is 20.0 Å². The fourth-order valence-electron chi connectivity index (χ4n) is 2.39. The van der Waals surface area contributed by atoms with Crippen molar-refractivity contribution in [1.82, 2.24) is 19.6 Å². The average molecular weight is 400 g/mol. The van der Waals surface area contributed by atoms with Gasteiger partial charge in [0.05, 0.1) is 6.54 Å². The van der Waals surface area contributed by atoms with Gasteiger partial charge in [-0.1, -0.05) is 29.3 Å². The molecule has 2 heterocycles. The van der Waals surface area contributed by atoms with Crippen molar-refractivity contribution in [1.29, 1.82) is 0 Å². The Morgan fingerprint density at radius 1 is 1.27 bits per heavy atom. The highest BCUT2D eigenvalue weighted by molar-refractivity contribution is 6.35. The molecule has 0 radical (unpaired) electrons. The Hall–Kier alpha value is -2.45. The van der Waals surface area contributed by atoms with Crippen molar-refractivity contribution in [3.8, 4) is 0 Å². The van der Waals surface area contributed by atoms with E-state index < -0.39 is 12.5 Å². The fourth-order valence-corrected chi connectivity index (χ4v) is 2.91. The number of hydrogen-bond donors (Lipinski definition) is 1. The van der Waals surface area contributed by atoms with Gasteiger partial charge in [0.2, 0.25) is 0 Å². The van der Waals surface area contributed by atoms with E-state index in [2.05, 4.69) is 15.5 Å². The Labute approximate surface area is 157 Å². The zero-order valence-electron chi connectivity index (χ0n) is 13.5. The second-order valence-corrected chi connectivity index (χ2v) is 6.24. The van der Waals surface area contributed by atoms with Gasteiger partial charge < -0.3 is 5.32 Å². The molecule has 10 heteroatoms. The van der Waals surface area contributed by atoms with E-state index in [1.54, 1.807) is 35.9 Å². The topological polar surface area (TPSA) is 64.7 Å². The molecule has 26 heavy (non-hydrogen) atoms. The first-order valence-electron chi connectivity index (χ1n) is 7.47. The molecule has 0 aliphatic rings. The van der Waals surface area contributed by atoms with E-state index in [1.807, 2.05) is 0 Å². The van der Waals surface area contributed by atoms with Gasteiger partial charge in [0.15, 0.2) is 5.82 Å². The number of amides is 1. The number of aromatic nitrogens is 4. The lowest BCUT2D eigenvalue weighted by atomic mass is 10.2. The number of anilines is 1. The third-order valence-electron chi connectivity index (χ3n) is 3.68. The number of carbonyl (C=O) groups excluding carboxylic acids is 1. The Kier molecular flexibility index (Phi) is 5.24. The minimum Gasteiger partial charge on any atom is -0.304 e. The molecule has 0 saturated heterocycles. The maximum Gasteiger partial charge on any atom is 0.333 e. The molecule has 2 aromatic heterocycles. The number of nitrogens with zero attached hydrogens (tertiary/aromatic N) is 4. The van der Waals surface area contributed by atoms with Crippen LogP contribution in [0.2, 0.25) is 10.0 Å². The molecule has 0 spiro atoms. The van der Waals surface area contributed by atoms with Crippen LogP contribution in [-0.2, 0) is 6.54 Å². The summed E-state index contributed by atoms with van der Waals surface area (Å²) in [5, 5.41) is 11.2. The third kappa shape index (κ3) is 3.71. The summed E-state index contributed by atoms with van der Waals surface area (Å²) in [4.78, 5) is 12.2. The lowest BCUT2D eigenvalue weighted by Gasteiger charge is -2.08. The normalized spacial score (nSPS) is 11.2. The number of nitrogens with one attached hydrogen (secondary N) is 1. The van der Waals surface area contributed by atoms with Crippen LogP contribution in [-0.4, -0.2) is 25.5 Å². The molecule has 1 N–H and O–H groups in total. The Balaban J connectivity index is 1.80. The molecule has 136 valence electrons. The van der Waals surface area contributed by atoms with Crippen LogP contribution in [0, 0.1) is 6.92 Å². The Morgan fingerprint density at radius 2 is 1.96 bits per heavy atom. The summed E-state index contributed by atoms with van der Waals surface area (Å²) in [6.07, 6.45) is 1.13. The van der Waals surface area contributed by atoms with E-state index >= 15 is 0 Å². The van der Waals surface area contributed by atoms with Crippen LogP contribution in [0.3, 0.4) is 0 Å². The number of alkyl halides is 2. The van der Waals surface area contributed by atoms with Gasteiger partial charge in [0.1, 0.15) is 5.69 Å². The molecule has 6 nitrogen and oxygen atoms in total. The minimum absolute atomic E-state index is 0.220. The first-order chi connectivity index (χ1) is 12.4. The van der Waals surface area contributed by atoms with Crippen LogP contribution in [0.25, 0.3) is 0 Å². The first-order valence-corrected chi connectivity index (χ1v) is 8.22. The van der Waals surface area contributed by atoms with Gasteiger partial charge in [0, 0.05) is 33.6 Å². The third-order valence-corrected chi connectivity index (χ3v) is 4.39. The lowest BCUT2D eigenvalue weighted by molar-refractivity contribution is 0.0520. The average Bonchev–Trinajstić information content (AvgIpc) is 3.18. The van der Waals surface area contributed by atoms with Gasteiger partial charge in [-0.15, -0.1) is 0 Å². The van der Waals surface area contributed by atoms with Crippen LogP contribution in [0.15, 0.2) is 36.5 Å². The van der Waals surface area contributed by atoms with Gasteiger partial charge >= 0.3 is 6.55 Å². The highest BCUT2D eigenvalue weighted by Gasteiger charge is 2.19. The minimum atomic E-state index is -2.91. The highest BCUT2D eigenvalue weighted by Crippen LogP contribution is 2.26. The summed E-state index contributed by atoms with van der Waals surface area (Å²) in [6.45, 7) is -0.821. The zero-order chi connectivity index (χ0) is 18.8. The summed E-state index contributed by atoms with van der Waals surface area (Å²) < 4.78 is 27.6. The molecule has 1 amide bonds. The second-order valence-electron chi connectivity index (χ2n) is 5.42. The Morgan fingerprint density at radius 3 is 2.62 bits per heavy atom. The van der Waals surface area contributed by atoms with Crippen molar-refractivity contribution in [3.05, 3.63) is 63.5 Å². The van der Waals surface area contributed by atoms with Gasteiger partial charge in [-0.05, 0) is 25.1 Å². The van der Waals surface area contributed by atoms with Crippen molar-refractivity contribution >= 4 is 34.9 Å². The number of aryl methyl sites for hydroxylation is 1. The summed E-state index contributed by atoms with van der Waals surface area (Å²) in [7, 11) is 0. The molecular formula is C16H13Cl2F2N5O. The number of rotatable bonds is 5. The second kappa shape index (κ2) is 7.43. The number of hydrogen-bond acceptors (Lipinski definition) is 3. The van der Waals surface area contributed by atoms with Crippen molar-refractivity contribution < 1.29 is 13.6 Å². The van der Waals surface area contributed by atoms with Crippen LogP contribution < -0.4 is 5.32 Å². The van der Waals surface area contributed by atoms with E-state index in [0.717, 1.165) is 11.9 Å². The molecule has 0 saturated carbocycles. The first kappa shape index (κ1) is 18.3. The highest BCUT2D eigenvalue weighted by atomic mass is 35.5. The van der Waals surface area contributed by atoms with Crippen molar-refractivity contribution in [3.63, 3.8) is 0 Å². The molecule has 0 aliphatic heterocycles. The van der Waals surface area contributed by atoms with Gasteiger partial charge in [0.25, 0.3) is 5.91 Å². The lowest BCUT2D eigenvalue weighted by Crippen LogP contribution is -2.18. The number of carbonyl (C=O) groups is 1. The monoisotopic (exact) mass is 399 g/mol. The molecule has 3 aromatic rings. The summed E-state index contributed by atoms with van der Waals surface area (Å²) in [5.41, 5.74) is 1.16. The summed E-state index contributed by atoms with van der Waals surface area (Å²) in [5.74, 6) is -0.513. The zero-order valence-corrected chi connectivity index (χ0v) is 15.0. The van der Waals surface area contributed by atoms with Crippen molar-refractivity contribution in [2.75, 3.05) is 5.32 Å². The van der Waals surface area contributed by atoms with Gasteiger partial charge in [-0.25, -0.2) is 0 Å². The number of benzene rings is 1. The van der Waals surface area contributed by atoms with Crippen molar-refractivity contribution in [2.24, 2.45) is 0 Å². The van der Waals surface area contributed by atoms with E-state index in [4.69, 9.17) is 23.2 Å². The van der Waals surface area contributed by atoms with E-state index in [9.17, 15) is 13.6 Å². The smallest absolute Gasteiger partial charge is 0.304 e. The van der Waals surface area contributed by atoms with Crippen LogP contribution in [0.4, 0.5) is 14.6 Å². The fraction of sp³-hybridized carbons (Fsp3) is 0.188. The molecular weight excluding hydrogens is 387 g/mol. The van der Waals surface area contributed by atoms with E-state index in [1.165, 1.54) is 6.07 Å². The predicted octanol–water partition coefficient (Wildman–Crippen LogP) is 4.39. The maximum absolute atomic E-state index is 12.8. The largest absolute Gasteiger partial charge is 0.333 e. The predicted molar refractivity (Wildman–Crippen MR) is 94.0 cm³/mol. The molecule has 0 unspecified atom stereocenters. The Bertz CT molecular complexity index is 934. The quantitative estimate of drug-likeness (QED) is 0.691. The number of halogens is 4. The van der Waals surface area contributed by atoms with Gasteiger partial charge in [-0.3, -0.25) is 9.48 Å². The molecule has 3 rings (SSSR count). The standard InChI is InChI=1S/C16H13Cl2F2N5O/c1-9-7-14(22-15(26)13-5-6-21-25(13)16(19)20)23-24(9)8-10-11(17)3-2-4-12(10)18/h2-7,16H,8H2,1H3,(H,22,23,26). The SMILES string of the molecule is Cc1cc(NC(=O)c2ccnn2C(F)F)nn1Cc1c(Cl)cccc1Cl. The van der Waals surface area contributed by atoms with Crippen LogP contribution in [0.1, 0.15) is 28.3 Å². The summed E-state index contributed by atoms with van der Waals surface area (Å²) >= 11 is 12.3. The maximum atomic E-state index is 12.8. The van der Waals surface area contributed by atoms with Gasteiger partial charge in [-0.2, -0.15) is 23.7 Å². The molecule has 0 atom stereocenters. The molecule has 0 fully saturated rings. The molecule has 0 aliphatic carbocycles. The molecule has 0 bridgehead atoms. The van der Waals surface area contributed by atoms with E-state index in [-0.39, 0.29) is 11.5 Å². The van der Waals surface area contributed by atoms with Crippen LogP contribution >= 0.6 is 23.2 Å². The molecule has 1 aromatic carbocycles. The summed E-state index contributed by atoms with van der Waals surface area (Å²) in [6, 6.07) is 7.99. The van der Waals surface area contributed by atoms with E-state index in [0.29, 0.717) is 26.8 Å².